The molecule has 0 spiro atoms. The van der Waals surface area contributed by atoms with Crippen LogP contribution in [0.2, 0.25) is 0 Å². The molecule has 0 saturated carbocycles. The molecule has 2 rings (SSSR count). The number of hydrogen-bond donors (Lipinski definition) is 1. The van der Waals surface area contributed by atoms with Crippen molar-refractivity contribution in [2.75, 3.05) is 26.2 Å². The largest absolute Gasteiger partial charge is 0.339 e. The summed E-state index contributed by atoms with van der Waals surface area (Å²) in [6.07, 6.45) is 0.814. The first-order valence-corrected chi connectivity index (χ1v) is 5.13. The number of nitrogens with one attached hydrogen (secondary N) is 1. The van der Waals surface area contributed by atoms with Crippen LogP contribution in [0.5, 0.6) is 0 Å². The minimum Gasteiger partial charge on any atom is -0.339 e. The van der Waals surface area contributed by atoms with Crippen LogP contribution in [0.3, 0.4) is 0 Å². The van der Waals surface area contributed by atoms with E-state index in [2.05, 4.69) is 20.4 Å². The summed E-state index contributed by atoms with van der Waals surface area (Å²) in [6, 6.07) is 0. The Labute approximate surface area is 83.5 Å². The molecule has 0 aromatic carbocycles. The number of hydrogen-bond acceptors (Lipinski definition) is 5. The lowest BCUT2D eigenvalue weighted by Crippen LogP contribution is -2.43. The SMILES string of the molecule is CCc1nc(CN2CCNCC2)no1. The van der Waals surface area contributed by atoms with E-state index in [1.165, 1.54) is 0 Å². The summed E-state index contributed by atoms with van der Waals surface area (Å²) in [5, 5.41) is 7.24. The third-order valence-electron chi connectivity index (χ3n) is 2.39. The Kier molecular flexibility index (Phi) is 3.10. The average Bonchev–Trinajstić information content (AvgIpc) is 2.67. The lowest BCUT2D eigenvalue weighted by Gasteiger charge is -2.25. The third kappa shape index (κ3) is 2.30. The van der Waals surface area contributed by atoms with E-state index in [0.717, 1.165) is 50.9 Å². The molecule has 1 aromatic rings. The van der Waals surface area contributed by atoms with Crippen LogP contribution in [0.15, 0.2) is 4.52 Å². The van der Waals surface area contributed by atoms with Crippen molar-refractivity contribution in [3.05, 3.63) is 11.7 Å². The summed E-state index contributed by atoms with van der Waals surface area (Å²) < 4.78 is 5.05. The van der Waals surface area contributed by atoms with E-state index < -0.39 is 0 Å². The molecule has 0 unspecified atom stereocenters. The fourth-order valence-corrected chi connectivity index (χ4v) is 1.57. The molecule has 78 valence electrons. The van der Waals surface area contributed by atoms with E-state index in [1.54, 1.807) is 0 Å². The van der Waals surface area contributed by atoms with Crippen LogP contribution in [0.25, 0.3) is 0 Å². The second kappa shape index (κ2) is 4.52. The minimum absolute atomic E-state index is 0.732. The molecule has 1 fully saturated rings. The van der Waals surface area contributed by atoms with Gasteiger partial charge in [0.25, 0.3) is 0 Å². The molecular formula is C9H16N4O. The molecule has 1 aromatic heterocycles. The minimum atomic E-state index is 0.732. The van der Waals surface area contributed by atoms with E-state index in [4.69, 9.17) is 4.52 Å². The molecule has 1 aliphatic heterocycles. The standard InChI is InChI=1S/C9H16N4O/c1-2-9-11-8(12-14-9)7-13-5-3-10-4-6-13/h10H,2-7H2,1H3. The van der Waals surface area contributed by atoms with Gasteiger partial charge in [-0.2, -0.15) is 4.98 Å². The van der Waals surface area contributed by atoms with Gasteiger partial charge >= 0.3 is 0 Å². The van der Waals surface area contributed by atoms with E-state index in [9.17, 15) is 0 Å². The molecule has 0 bridgehead atoms. The van der Waals surface area contributed by atoms with Gasteiger partial charge < -0.3 is 9.84 Å². The molecule has 2 heterocycles. The summed E-state index contributed by atoms with van der Waals surface area (Å²) in [4.78, 5) is 6.62. The van der Waals surface area contributed by atoms with Crippen LogP contribution in [0.1, 0.15) is 18.6 Å². The maximum absolute atomic E-state index is 5.05. The molecule has 0 aliphatic carbocycles. The van der Waals surface area contributed by atoms with Crippen molar-refractivity contribution in [1.29, 1.82) is 0 Å². The van der Waals surface area contributed by atoms with Gasteiger partial charge in [-0.05, 0) is 0 Å². The zero-order valence-electron chi connectivity index (χ0n) is 8.49. The van der Waals surface area contributed by atoms with Crippen LogP contribution in [-0.2, 0) is 13.0 Å². The summed E-state index contributed by atoms with van der Waals surface area (Å²) in [5.41, 5.74) is 0. The van der Waals surface area contributed by atoms with Gasteiger partial charge in [0.1, 0.15) is 0 Å². The first-order chi connectivity index (χ1) is 6.88. The van der Waals surface area contributed by atoms with Crippen LogP contribution in [-0.4, -0.2) is 41.2 Å². The summed E-state index contributed by atoms with van der Waals surface area (Å²) in [5.74, 6) is 1.54. The topological polar surface area (TPSA) is 54.2 Å². The second-order valence-electron chi connectivity index (χ2n) is 3.48. The molecule has 5 nitrogen and oxygen atoms in total. The van der Waals surface area contributed by atoms with Crippen LogP contribution in [0, 0.1) is 0 Å². The lowest BCUT2D eigenvalue weighted by atomic mass is 10.3. The Balaban J connectivity index is 1.89. The summed E-state index contributed by atoms with van der Waals surface area (Å²) in [6.45, 7) is 7.07. The van der Waals surface area contributed by atoms with E-state index in [1.807, 2.05) is 6.92 Å². The van der Waals surface area contributed by atoms with Crippen LogP contribution < -0.4 is 5.32 Å². The van der Waals surface area contributed by atoms with E-state index >= 15 is 0 Å². The monoisotopic (exact) mass is 196 g/mol. The van der Waals surface area contributed by atoms with Crippen molar-refractivity contribution in [2.24, 2.45) is 0 Å². The van der Waals surface area contributed by atoms with Gasteiger partial charge in [-0.1, -0.05) is 12.1 Å². The number of piperazine rings is 1. The molecular weight excluding hydrogens is 180 g/mol. The quantitative estimate of drug-likeness (QED) is 0.739. The second-order valence-corrected chi connectivity index (χ2v) is 3.48. The van der Waals surface area contributed by atoms with Gasteiger partial charge in [-0.3, -0.25) is 4.90 Å². The van der Waals surface area contributed by atoms with E-state index in [-0.39, 0.29) is 0 Å². The number of aromatic nitrogens is 2. The third-order valence-corrected chi connectivity index (χ3v) is 2.39. The molecule has 0 atom stereocenters. The molecule has 1 aliphatic rings. The first kappa shape index (κ1) is 9.61. The molecule has 1 saturated heterocycles. The number of rotatable bonds is 3. The van der Waals surface area contributed by atoms with E-state index in [0.29, 0.717) is 0 Å². The van der Waals surface area contributed by atoms with Gasteiger partial charge in [0.15, 0.2) is 5.82 Å². The summed E-state index contributed by atoms with van der Waals surface area (Å²) in [7, 11) is 0. The van der Waals surface area contributed by atoms with Gasteiger partial charge in [0.05, 0.1) is 6.54 Å². The highest BCUT2D eigenvalue weighted by atomic mass is 16.5. The van der Waals surface area contributed by atoms with Gasteiger partial charge in [-0.15, -0.1) is 0 Å². The summed E-state index contributed by atoms with van der Waals surface area (Å²) >= 11 is 0. The highest BCUT2D eigenvalue weighted by Gasteiger charge is 2.13. The van der Waals surface area contributed by atoms with Gasteiger partial charge in [0.2, 0.25) is 5.89 Å². The molecule has 14 heavy (non-hydrogen) atoms. The Bertz CT molecular complexity index is 280. The van der Waals surface area contributed by atoms with Gasteiger partial charge in [-0.25, -0.2) is 0 Å². The zero-order chi connectivity index (χ0) is 9.80. The first-order valence-electron chi connectivity index (χ1n) is 5.13. The van der Waals surface area contributed by atoms with Crippen LogP contribution in [0.4, 0.5) is 0 Å². The highest BCUT2D eigenvalue weighted by Crippen LogP contribution is 2.03. The number of aryl methyl sites for hydroxylation is 1. The molecule has 0 amide bonds. The smallest absolute Gasteiger partial charge is 0.226 e. The fourth-order valence-electron chi connectivity index (χ4n) is 1.57. The highest BCUT2D eigenvalue weighted by molar-refractivity contribution is 4.86. The maximum atomic E-state index is 5.05. The van der Waals surface area contributed by atoms with Crippen molar-refractivity contribution < 1.29 is 4.52 Å². The van der Waals surface area contributed by atoms with Crippen molar-refractivity contribution in [1.82, 2.24) is 20.4 Å². The van der Waals surface area contributed by atoms with Crippen molar-refractivity contribution in [3.8, 4) is 0 Å². The average molecular weight is 196 g/mol. The van der Waals surface area contributed by atoms with Crippen LogP contribution >= 0.6 is 0 Å². The Morgan fingerprint density at radius 1 is 1.43 bits per heavy atom. The molecule has 0 radical (unpaired) electrons. The van der Waals surface area contributed by atoms with Crippen molar-refractivity contribution in [3.63, 3.8) is 0 Å². The molecule has 5 heteroatoms. The van der Waals surface area contributed by atoms with Crippen molar-refractivity contribution in [2.45, 2.75) is 19.9 Å². The zero-order valence-corrected chi connectivity index (χ0v) is 8.49. The Hall–Kier alpha value is -0.940. The predicted octanol–water partition coefficient (Wildman–Crippen LogP) is 0.0372. The predicted molar refractivity (Wildman–Crippen MR) is 51.8 cm³/mol. The Morgan fingerprint density at radius 3 is 2.86 bits per heavy atom. The maximum Gasteiger partial charge on any atom is 0.226 e. The van der Waals surface area contributed by atoms with Crippen molar-refractivity contribution >= 4 is 0 Å². The lowest BCUT2D eigenvalue weighted by molar-refractivity contribution is 0.224. The fraction of sp³-hybridized carbons (Fsp3) is 0.778. The normalized spacial score (nSPS) is 18.6. The van der Waals surface area contributed by atoms with Gasteiger partial charge in [0, 0.05) is 32.6 Å². The molecule has 1 N–H and O–H groups in total. The Morgan fingerprint density at radius 2 is 2.21 bits per heavy atom. The number of nitrogens with zero attached hydrogens (tertiary/aromatic N) is 3.